The molecule has 1 N–H and O–H groups in total. The molecular weight excluding hydrogens is 446 g/mol. The fraction of sp³-hybridized carbons (Fsp3) is 0.250. The third kappa shape index (κ3) is 4.49. The van der Waals surface area contributed by atoms with E-state index in [1.807, 2.05) is 24.3 Å². The summed E-state index contributed by atoms with van der Waals surface area (Å²) in [5.74, 6) is 0.397. The second-order valence-electron chi connectivity index (χ2n) is 8.78. The molecule has 0 fully saturated rings. The van der Waals surface area contributed by atoms with E-state index in [1.165, 1.54) is 4.52 Å². The molecule has 0 unspecified atom stereocenters. The molecule has 2 heterocycles. The van der Waals surface area contributed by atoms with E-state index in [0.717, 1.165) is 11.1 Å². The van der Waals surface area contributed by atoms with Gasteiger partial charge in [-0.1, -0.05) is 62.7 Å². The number of benzene rings is 1. The van der Waals surface area contributed by atoms with Crippen LogP contribution in [0.15, 0.2) is 65.6 Å². The maximum Gasteiger partial charge on any atom is 0.263 e. The second-order valence-corrected chi connectivity index (χ2v) is 10.9. The molecule has 0 aliphatic heterocycles. The second kappa shape index (κ2) is 8.22. The Hall–Kier alpha value is -2.90. The molecule has 1 aliphatic carbocycles. The summed E-state index contributed by atoms with van der Waals surface area (Å²) in [7, 11) is -3.84. The van der Waals surface area contributed by atoms with Gasteiger partial charge in [-0.25, -0.2) is 12.9 Å². The van der Waals surface area contributed by atoms with Crippen LogP contribution < -0.4 is 4.72 Å². The first-order chi connectivity index (χ1) is 15.0. The molecule has 32 heavy (non-hydrogen) atoms. The van der Waals surface area contributed by atoms with Gasteiger partial charge in [0.15, 0.2) is 0 Å². The van der Waals surface area contributed by atoms with Gasteiger partial charge in [0.25, 0.3) is 10.0 Å². The third-order valence-electron chi connectivity index (χ3n) is 5.33. The van der Waals surface area contributed by atoms with Crippen LogP contribution in [0, 0.1) is 0 Å². The van der Waals surface area contributed by atoms with Gasteiger partial charge in [-0.3, -0.25) is 9.52 Å². The quantitative estimate of drug-likeness (QED) is 0.555. The Balaban J connectivity index is 1.71. The fourth-order valence-electron chi connectivity index (χ4n) is 3.47. The number of carbonyl (C=O) groups excluding carboxylic acids is 1. The Morgan fingerprint density at radius 3 is 2.47 bits per heavy atom. The Kier molecular flexibility index (Phi) is 5.73. The van der Waals surface area contributed by atoms with Crippen molar-refractivity contribution in [3.8, 4) is 0 Å². The number of hydrogen-bond acceptors (Lipinski definition) is 4. The summed E-state index contributed by atoms with van der Waals surface area (Å²) in [4.78, 5) is 11.8. The van der Waals surface area contributed by atoms with Crippen molar-refractivity contribution < 1.29 is 13.2 Å². The number of fused-ring (bicyclic) bond motifs is 1. The minimum Gasteiger partial charge on any atom is -0.299 e. The standard InChI is InChI=1S/C24H24ClN3O3S/c1-24(2,3)17-8-11-19(12-9-17)32(30,31)27-23-14-13-20(25)22-15-21(26-28(22)23)16-5-4-6-18(29)10-7-16/h4-5,7-9,11-15,27H,6,10H2,1-3H3. The van der Waals surface area contributed by atoms with Crippen LogP contribution in [0.1, 0.15) is 44.9 Å². The normalized spacial score (nSPS) is 15.0. The Morgan fingerprint density at radius 1 is 1.06 bits per heavy atom. The summed E-state index contributed by atoms with van der Waals surface area (Å²) in [6, 6.07) is 11.8. The Bertz CT molecular complexity index is 1360. The molecule has 166 valence electrons. The monoisotopic (exact) mass is 469 g/mol. The zero-order valence-electron chi connectivity index (χ0n) is 18.1. The smallest absolute Gasteiger partial charge is 0.263 e. The Labute approximate surface area is 192 Å². The number of allylic oxidation sites excluding steroid dienone is 4. The molecule has 3 aromatic rings. The topological polar surface area (TPSA) is 80.5 Å². The van der Waals surface area contributed by atoms with Crippen molar-refractivity contribution in [2.24, 2.45) is 0 Å². The molecule has 0 saturated heterocycles. The van der Waals surface area contributed by atoms with Gasteiger partial charge in [0.1, 0.15) is 11.6 Å². The first kappa shape index (κ1) is 22.3. The number of carbonyl (C=O) groups is 1. The van der Waals surface area contributed by atoms with Gasteiger partial charge in [0, 0.05) is 12.8 Å². The van der Waals surface area contributed by atoms with Gasteiger partial charge < -0.3 is 0 Å². The van der Waals surface area contributed by atoms with E-state index in [0.29, 0.717) is 29.1 Å². The highest BCUT2D eigenvalue weighted by Gasteiger charge is 2.20. The molecule has 0 atom stereocenters. The van der Waals surface area contributed by atoms with Gasteiger partial charge in [0.05, 0.1) is 21.1 Å². The van der Waals surface area contributed by atoms with E-state index in [-0.39, 0.29) is 21.9 Å². The average Bonchev–Trinajstić information content (AvgIpc) is 3.07. The number of sulfonamides is 1. The summed E-state index contributed by atoms with van der Waals surface area (Å²) in [6.07, 6.45) is 6.18. The zero-order valence-corrected chi connectivity index (χ0v) is 19.7. The molecule has 1 aliphatic rings. The average molecular weight is 470 g/mol. The first-order valence-electron chi connectivity index (χ1n) is 10.2. The van der Waals surface area contributed by atoms with Crippen molar-refractivity contribution in [1.29, 1.82) is 0 Å². The third-order valence-corrected chi connectivity index (χ3v) is 7.02. The van der Waals surface area contributed by atoms with Crippen molar-refractivity contribution in [1.82, 2.24) is 9.61 Å². The predicted octanol–water partition coefficient (Wildman–Crippen LogP) is 5.39. The van der Waals surface area contributed by atoms with E-state index >= 15 is 0 Å². The molecule has 1 aromatic carbocycles. The van der Waals surface area contributed by atoms with Crippen LogP contribution in [0.25, 0.3) is 11.1 Å². The van der Waals surface area contributed by atoms with Crippen molar-refractivity contribution in [2.45, 2.75) is 43.9 Å². The largest absolute Gasteiger partial charge is 0.299 e. The highest BCUT2D eigenvalue weighted by atomic mass is 35.5. The van der Waals surface area contributed by atoms with E-state index in [2.05, 4.69) is 30.6 Å². The number of nitrogens with zero attached hydrogens (tertiary/aromatic N) is 2. The van der Waals surface area contributed by atoms with Crippen molar-refractivity contribution in [3.05, 3.63) is 77.0 Å². The number of aromatic nitrogens is 2. The van der Waals surface area contributed by atoms with Gasteiger partial charge in [-0.2, -0.15) is 5.10 Å². The van der Waals surface area contributed by atoms with Crippen molar-refractivity contribution >= 4 is 44.3 Å². The van der Waals surface area contributed by atoms with Crippen molar-refractivity contribution in [3.63, 3.8) is 0 Å². The SMILES string of the molecule is CC(C)(C)c1ccc(S(=O)(=O)Nc2ccc(Cl)c3cc(C4=CCC(=O)CC=C4)nn23)cc1. The van der Waals surface area contributed by atoms with Crippen LogP contribution in [0.3, 0.4) is 0 Å². The highest BCUT2D eigenvalue weighted by molar-refractivity contribution is 7.92. The number of halogens is 1. The lowest BCUT2D eigenvalue weighted by atomic mass is 9.87. The summed E-state index contributed by atoms with van der Waals surface area (Å²) in [5, 5.41) is 5.00. The molecule has 4 rings (SSSR count). The lowest BCUT2D eigenvalue weighted by Crippen LogP contribution is -2.16. The van der Waals surface area contributed by atoms with E-state index < -0.39 is 10.0 Å². The van der Waals surface area contributed by atoms with Crippen LogP contribution in [-0.2, 0) is 20.2 Å². The molecule has 6 nitrogen and oxygen atoms in total. The fourth-order valence-corrected chi connectivity index (χ4v) is 4.71. The molecule has 0 amide bonds. The lowest BCUT2D eigenvalue weighted by Gasteiger charge is -2.19. The summed E-state index contributed by atoms with van der Waals surface area (Å²) < 4.78 is 30.2. The minimum atomic E-state index is -3.84. The maximum absolute atomic E-state index is 13.0. The summed E-state index contributed by atoms with van der Waals surface area (Å²) in [5.41, 5.74) is 2.94. The number of anilines is 1. The molecule has 2 aromatic heterocycles. The molecule has 8 heteroatoms. The van der Waals surface area contributed by atoms with Crippen LogP contribution >= 0.6 is 11.6 Å². The minimum absolute atomic E-state index is 0.0741. The highest BCUT2D eigenvalue weighted by Crippen LogP contribution is 2.29. The van der Waals surface area contributed by atoms with E-state index in [1.54, 1.807) is 36.4 Å². The van der Waals surface area contributed by atoms with Crippen molar-refractivity contribution in [2.75, 3.05) is 4.72 Å². The molecule has 0 saturated carbocycles. The van der Waals surface area contributed by atoms with Gasteiger partial charge in [-0.05, 0) is 46.9 Å². The van der Waals surface area contributed by atoms with Crippen LogP contribution in [0.4, 0.5) is 5.82 Å². The van der Waals surface area contributed by atoms with Gasteiger partial charge in [-0.15, -0.1) is 0 Å². The summed E-state index contributed by atoms with van der Waals surface area (Å²) in [6.45, 7) is 6.22. The number of hydrogen-bond donors (Lipinski definition) is 1. The van der Waals surface area contributed by atoms with Crippen LogP contribution in [0.5, 0.6) is 0 Å². The number of ketones is 1. The molecule has 0 spiro atoms. The zero-order chi connectivity index (χ0) is 23.1. The molecular formula is C24H24ClN3O3S. The van der Waals surface area contributed by atoms with Crippen LogP contribution in [0.2, 0.25) is 5.02 Å². The van der Waals surface area contributed by atoms with Gasteiger partial charge >= 0.3 is 0 Å². The van der Waals surface area contributed by atoms with E-state index in [9.17, 15) is 13.2 Å². The molecule has 0 radical (unpaired) electrons. The Morgan fingerprint density at radius 2 is 1.78 bits per heavy atom. The first-order valence-corrected chi connectivity index (χ1v) is 12.1. The summed E-state index contributed by atoms with van der Waals surface area (Å²) >= 11 is 6.36. The number of nitrogens with one attached hydrogen (secondary N) is 1. The predicted molar refractivity (Wildman–Crippen MR) is 128 cm³/mol. The maximum atomic E-state index is 13.0. The van der Waals surface area contributed by atoms with E-state index in [4.69, 9.17) is 11.6 Å². The number of rotatable bonds is 4. The number of pyridine rings is 1. The lowest BCUT2D eigenvalue weighted by molar-refractivity contribution is -0.117. The number of Topliss-reactive ketones (excluding diaryl/α,β-unsaturated/α-hetero) is 1. The molecule has 0 bridgehead atoms. The van der Waals surface area contributed by atoms with Gasteiger partial charge in [0.2, 0.25) is 0 Å². The van der Waals surface area contributed by atoms with Crippen LogP contribution in [-0.4, -0.2) is 23.8 Å².